The summed E-state index contributed by atoms with van der Waals surface area (Å²) in [5.74, 6) is 0.576. The van der Waals surface area contributed by atoms with Crippen molar-refractivity contribution in [3.63, 3.8) is 0 Å². The third kappa shape index (κ3) is 4.23. The van der Waals surface area contributed by atoms with Crippen LogP contribution in [0.5, 0.6) is 0 Å². The molecule has 0 amide bonds. The SMILES string of the molecule is N#Cc1c(N(c2ccccc2)c2ccccc2)nnc(N(c2ccccc2)c2ccccc2)c1C#N. The third-order valence-corrected chi connectivity index (χ3v) is 5.64. The van der Waals surface area contributed by atoms with Gasteiger partial charge in [-0.1, -0.05) is 72.8 Å². The average molecular weight is 465 g/mol. The van der Waals surface area contributed by atoms with Crippen LogP contribution in [0.15, 0.2) is 121 Å². The summed E-state index contributed by atoms with van der Waals surface area (Å²) in [5, 5.41) is 29.7. The van der Waals surface area contributed by atoms with Gasteiger partial charge in [0.1, 0.15) is 23.3 Å². The molecule has 0 unspecified atom stereocenters. The molecule has 0 N–H and O–H groups in total. The van der Waals surface area contributed by atoms with Crippen LogP contribution >= 0.6 is 0 Å². The van der Waals surface area contributed by atoms with Gasteiger partial charge in [-0.3, -0.25) is 9.80 Å². The Morgan fingerprint density at radius 2 is 0.667 bits per heavy atom. The topological polar surface area (TPSA) is 79.8 Å². The van der Waals surface area contributed by atoms with Crippen molar-refractivity contribution in [2.24, 2.45) is 0 Å². The number of aromatic nitrogens is 2. The Kier molecular flexibility index (Phi) is 6.34. The van der Waals surface area contributed by atoms with Gasteiger partial charge in [-0.25, -0.2) is 0 Å². The van der Waals surface area contributed by atoms with Crippen molar-refractivity contribution in [3.8, 4) is 12.1 Å². The van der Waals surface area contributed by atoms with Gasteiger partial charge < -0.3 is 0 Å². The fraction of sp³-hybridized carbons (Fsp3) is 0. The van der Waals surface area contributed by atoms with E-state index in [0.717, 1.165) is 22.7 Å². The first-order chi connectivity index (χ1) is 17.8. The molecule has 0 aliphatic carbocycles. The summed E-state index contributed by atoms with van der Waals surface area (Å²) in [5.41, 5.74) is 3.49. The number of hydrogen-bond donors (Lipinski definition) is 0. The summed E-state index contributed by atoms with van der Waals surface area (Å²) in [7, 11) is 0. The summed E-state index contributed by atoms with van der Waals surface area (Å²) >= 11 is 0. The predicted molar refractivity (Wildman–Crippen MR) is 141 cm³/mol. The highest BCUT2D eigenvalue weighted by Gasteiger charge is 2.27. The van der Waals surface area contributed by atoms with E-state index >= 15 is 0 Å². The van der Waals surface area contributed by atoms with Crippen LogP contribution in [0.25, 0.3) is 0 Å². The molecule has 5 rings (SSSR count). The number of nitriles is 2. The zero-order chi connectivity index (χ0) is 24.7. The molecule has 1 aromatic heterocycles. The van der Waals surface area contributed by atoms with Gasteiger partial charge >= 0.3 is 0 Å². The van der Waals surface area contributed by atoms with Gasteiger partial charge in [0, 0.05) is 22.7 Å². The third-order valence-electron chi connectivity index (χ3n) is 5.64. The van der Waals surface area contributed by atoms with E-state index in [1.165, 1.54) is 0 Å². The number of nitrogens with zero attached hydrogens (tertiary/aromatic N) is 6. The molecular formula is C30H20N6. The van der Waals surface area contributed by atoms with Gasteiger partial charge in [0.25, 0.3) is 0 Å². The second-order valence-corrected chi connectivity index (χ2v) is 7.83. The molecule has 0 saturated carbocycles. The Morgan fingerprint density at radius 1 is 0.417 bits per heavy atom. The van der Waals surface area contributed by atoms with Crippen molar-refractivity contribution in [1.82, 2.24) is 10.2 Å². The highest BCUT2D eigenvalue weighted by atomic mass is 15.3. The van der Waals surface area contributed by atoms with E-state index in [1.54, 1.807) is 0 Å². The summed E-state index contributed by atoms with van der Waals surface area (Å²) in [6.45, 7) is 0. The highest BCUT2D eigenvalue weighted by molar-refractivity contribution is 5.84. The Hall–Kier alpha value is -5.46. The van der Waals surface area contributed by atoms with Crippen molar-refractivity contribution in [2.45, 2.75) is 0 Å². The molecule has 0 radical (unpaired) electrons. The molecule has 0 bridgehead atoms. The molecule has 0 fully saturated rings. The summed E-state index contributed by atoms with van der Waals surface area (Å²) in [4.78, 5) is 3.68. The quantitative estimate of drug-likeness (QED) is 0.265. The normalized spacial score (nSPS) is 10.2. The molecule has 0 aliphatic heterocycles. The van der Waals surface area contributed by atoms with Gasteiger partial charge in [-0.15, -0.1) is 10.2 Å². The number of para-hydroxylation sites is 4. The lowest BCUT2D eigenvalue weighted by Gasteiger charge is -2.28. The number of rotatable bonds is 6. The van der Waals surface area contributed by atoms with Crippen molar-refractivity contribution in [1.29, 1.82) is 10.5 Å². The van der Waals surface area contributed by atoms with Gasteiger partial charge in [0.05, 0.1) is 0 Å². The smallest absolute Gasteiger partial charge is 0.179 e. The molecule has 5 aromatic rings. The molecule has 36 heavy (non-hydrogen) atoms. The standard InChI is InChI=1S/C30H20N6/c31-21-27-28(22-32)30(36(25-17-9-3-10-18-25)26-19-11-4-12-20-26)34-33-29(27)35(23-13-5-1-6-14-23)24-15-7-2-8-16-24/h1-20H. The first kappa shape index (κ1) is 22.3. The zero-order valence-corrected chi connectivity index (χ0v) is 19.2. The van der Waals surface area contributed by atoms with Crippen LogP contribution in [-0.4, -0.2) is 10.2 Å². The van der Waals surface area contributed by atoms with Gasteiger partial charge in [-0.05, 0) is 48.5 Å². The van der Waals surface area contributed by atoms with Crippen LogP contribution in [0.4, 0.5) is 34.4 Å². The van der Waals surface area contributed by atoms with Crippen molar-refractivity contribution in [2.75, 3.05) is 9.80 Å². The molecule has 170 valence electrons. The van der Waals surface area contributed by atoms with E-state index in [2.05, 4.69) is 22.3 Å². The van der Waals surface area contributed by atoms with Crippen molar-refractivity contribution in [3.05, 3.63) is 132 Å². The van der Waals surface area contributed by atoms with E-state index < -0.39 is 0 Å². The van der Waals surface area contributed by atoms with E-state index in [9.17, 15) is 10.5 Å². The van der Waals surface area contributed by atoms with Gasteiger partial charge in [-0.2, -0.15) is 10.5 Å². The lowest BCUT2D eigenvalue weighted by Crippen LogP contribution is -2.19. The molecule has 0 atom stereocenters. The largest absolute Gasteiger partial charge is 0.292 e. The minimum absolute atomic E-state index is 0.145. The van der Waals surface area contributed by atoms with Crippen LogP contribution in [0.1, 0.15) is 11.1 Å². The number of anilines is 6. The maximum Gasteiger partial charge on any atom is 0.179 e. The first-order valence-corrected chi connectivity index (χ1v) is 11.3. The number of hydrogen-bond acceptors (Lipinski definition) is 6. The summed E-state index contributed by atoms with van der Waals surface area (Å²) < 4.78 is 0. The molecule has 0 aliphatic rings. The Morgan fingerprint density at radius 3 is 0.889 bits per heavy atom. The maximum atomic E-state index is 10.3. The number of benzene rings is 4. The molecule has 0 saturated heterocycles. The van der Waals surface area contributed by atoms with E-state index in [-0.39, 0.29) is 22.8 Å². The highest BCUT2D eigenvalue weighted by Crippen LogP contribution is 2.40. The fourth-order valence-electron chi connectivity index (χ4n) is 4.04. The van der Waals surface area contributed by atoms with E-state index in [1.807, 2.05) is 131 Å². The van der Waals surface area contributed by atoms with Crippen LogP contribution in [-0.2, 0) is 0 Å². The van der Waals surface area contributed by atoms with E-state index in [0.29, 0.717) is 0 Å². The van der Waals surface area contributed by atoms with Crippen LogP contribution < -0.4 is 9.80 Å². The molecule has 1 heterocycles. The summed E-state index contributed by atoms with van der Waals surface area (Å²) in [6, 6.07) is 42.9. The molecule has 6 heteroatoms. The summed E-state index contributed by atoms with van der Waals surface area (Å²) in [6.07, 6.45) is 0. The van der Waals surface area contributed by atoms with Crippen molar-refractivity contribution >= 4 is 34.4 Å². The minimum Gasteiger partial charge on any atom is -0.292 e. The monoisotopic (exact) mass is 464 g/mol. The Balaban J connectivity index is 1.76. The molecular weight excluding hydrogens is 444 g/mol. The molecule has 4 aromatic carbocycles. The average Bonchev–Trinajstić information content (AvgIpc) is 2.96. The zero-order valence-electron chi connectivity index (χ0n) is 19.2. The second kappa shape index (κ2) is 10.2. The Bertz CT molecular complexity index is 1340. The minimum atomic E-state index is 0.145. The molecule has 0 spiro atoms. The maximum absolute atomic E-state index is 10.3. The predicted octanol–water partition coefficient (Wildman–Crippen LogP) is 7.16. The van der Waals surface area contributed by atoms with Gasteiger partial charge in [0.2, 0.25) is 0 Å². The van der Waals surface area contributed by atoms with Crippen LogP contribution in [0.2, 0.25) is 0 Å². The van der Waals surface area contributed by atoms with Crippen molar-refractivity contribution < 1.29 is 0 Å². The second-order valence-electron chi connectivity index (χ2n) is 7.83. The molecule has 6 nitrogen and oxygen atoms in total. The van der Waals surface area contributed by atoms with Gasteiger partial charge in [0.15, 0.2) is 11.6 Å². The lowest BCUT2D eigenvalue weighted by atomic mass is 10.1. The Labute approximate surface area is 209 Å². The fourth-order valence-corrected chi connectivity index (χ4v) is 4.04. The van der Waals surface area contributed by atoms with E-state index in [4.69, 9.17) is 0 Å². The van der Waals surface area contributed by atoms with Crippen LogP contribution in [0, 0.1) is 22.7 Å². The lowest BCUT2D eigenvalue weighted by molar-refractivity contribution is 0.973. The first-order valence-electron chi connectivity index (χ1n) is 11.3. The van der Waals surface area contributed by atoms with Crippen LogP contribution in [0.3, 0.4) is 0 Å².